The van der Waals surface area contributed by atoms with Crippen molar-refractivity contribution in [1.82, 2.24) is 20.3 Å². The van der Waals surface area contributed by atoms with E-state index in [4.69, 9.17) is 11.6 Å². The van der Waals surface area contributed by atoms with Crippen molar-refractivity contribution < 1.29 is 0 Å². The Morgan fingerprint density at radius 1 is 1.35 bits per heavy atom. The highest BCUT2D eigenvalue weighted by atomic mass is 35.5. The van der Waals surface area contributed by atoms with Crippen molar-refractivity contribution in [3.05, 3.63) is 41.2 Å². The van der Waals surface area contributed by atoms with Crippen LogP contribution < -0.4 is 5.32 Å². The molecule has 2 aromatic rings. The fraction of sp³-hybridized carbons (Fsp3) is 0.429. The summed E-state index contributed by atoms with van der Waals surface area (Å²) in [5.41, 5.74) is 1.14. The maximum absolute atomic E-state index is 5.90. The molecule has 2 rings (SSSR count). The van der Waals surface area contributed by atoms with Crippen LogP contribution in [0.3, 0.4) is 0 Å². The number of aryl methyl sites for hydroxylation is 1. The monoisotopic (exact) mass is 310 g/mol. The van der Waals surface area contributed by atoms with Gasteiger partial charge in [0, 0.05) is 22.2 Å². The van der Waals surface area contributed by atoms with Crippen LogP contribution in [0.1, 0.15) is 25.1 Å². The molecule has 1 aromatic carbocycles. The minimum absolute atomic E-state index is 0.234. The van der Waals surface area contributed by atoms with Gasteiger partial charge in [0.25, 0.3) is 0 Å². The van der Waals surface area contributed by atoms with Gasteiger partial charge in [0.1, 0.15) is 0 Å². The van der Waals surface area contributed by atoms with E-state index in [9.17, 15) is 0 Å². The first-order valence-electron chi connectivity index (χ1n) is 6.68. The van der Waals surface area contributed by atoms with Crippen LogP contribution >= 0.6 is 23.4 Å². The average Bonchev–Trinajstić information content (AvgIpc) is 2.90. The van der Waals surface area contributed by atoms with Crippen LogP contribution in [0.4, 0.5) is 0 Å². The highest BCUT2D eigenvalue weighted by Gasteiger charge is 2.15. The van der Waals surface area contributed by atoms with Crippen LogP contribution in [0, 0.1) is 0 Å². The van der Waals surface area contributed by atoms with Crippen LogP contribution in [0.25, 0.3) is 0 Å². The summed E-state index contributed by atoms with van der Waals surface area (Å²) in [4.78, 5) is 1.21. The van der Waals surface area contributed by atoms with Crippen molar-refractivity contribution in [3.63, 3.8) is 0 Å². The normalized spacial score (nSPS) is 12.6. The summed E-state index contributed by atoms with van der Waals surface area (Å²) in [5, 5.41) is 12.3. The van der Waals surface area contributed by atoms with E-state index in [1.54, 1.807) is 11.8 Å². The third kappa shape index (κ3) is 3.98. The van der Waals surface area contributed by atoms with E-state index in [0.717, 1.165) is 29.4 Å². The molecule has 1 aromatic heterocycles. The lowest BCUT2D eigenvalue weighted by molar-refractivity contribution is 0.514. The molecule has 0 aliphatic carbocycles. The zero-order valence-electron chi connectivity index (χ0n) is 11.7. The molecule has 1 unspecified atom stereocenters. The molecule has 108 valence electrons. The van der Waals surface area contributed by atoms with Crippen LogP contribution in [0.5, 0.6) is 0 Å². The first kappa shape index (κ1) is 15.4. The Balaban J connectivity index is 2.01. The van der Waals surface area contributed by atoms with Crippen molar-refractivity contribution in [2.45, 2.75) is 30.8 Å². The van der Waals surface area contributed by atoms with Gasteiger partial charge in [-0.1, -0.05) is 23.7 Å². The quantitative estimate of drug-likeness (QED) is 0.796. The van der Waals surface area contributed by atoms with E-state index < -0.39 is 0 Å². The van der Waals surface area contributed by atoms with Crippen LogP contribution in [-0.2, 0) is 6.54 Å². The summed E-state index contributed by atoms with van der Waals surface area (Å²) in [6.07, 6.45) is 2.90. The lowest BCUT2D eigenvalue weighted by Crippen LogP contribution is -2.22. The average molecular weight is 311 g/mol. The van der Waals surface area contributed by atoms with Crippen molar-refractivity contribution >= 4 is 23.4 Å². The molecule has 0 aliphatic heterocycles. The molecule has 0 aliphatic rings. The summed E-state index contributed by atoms with van der Waals surface area (Å²) < 4.78 is 1.98. The van der Waals surface area contributed by atoms with Crippen LogP contribution in [0.2, 0.25) is 5.02 Å². The topological polar surface area (TPSA) is 42.7 Å². The summed E-state index contributed by atoms with van der Waals surface area (Å²) in [6, 6.07) is 8.16. The predicted octanol–water partition coefficient (Wildman–Crippen LogP) is 3.39. The number of hydrogen-bond acceptors (Lipinski definition) is 4. The zero-order chi connectivity index (χ0) is 14.4. The van der Waals surface area contributed by atoms with Gasteiger partial charge in [0.2, 0.25) is 0 Å². The largest absolute Gasteiger partial charge is 0.311 e. The Hall–Kier alpha value is -1.04. The molecule has 6 heteroatoms. The first-order valence-corrected chi connectivity index (χ1v) is 8.05. The highest BCUT2D eigenvalue weighted by molar-refractivity contribution is 7.99. The van der Waals surface area contributed by atoms with Crippen LogP contribution in [0.15, 0.2) is 35.4 Å². The second kappa shape index (κ2) is 7.67. The molecular weight excluding hydrogens is 292 g/mol. The van der Waals surface area contributed by atoms with Crippen molar-refractivity contribution in [1.29, 1.82) is 0 Å². The fourth-order valence-electron chi connectivity index (χ4n) is 1.95. The number of rotatable bonds is 7. The molecule has 1 atom stereocenters. The number of benzene rings is 1. The number of aromatic nitrogens is 3. The molecule has 0 fully saturated rings. The SMILES string of the molecule is CCCn1nncc1C(CSc1ccc(Cl)cc1)NC. The molecule has 0 bridgehead atoms. The van der Waals surface area contributed by atoms with Gasteiger partial charge in [-0.3, -0.25) is 0 Å². The predicted molar refractivity (Wildman–Crippen MR) is 84.3 cm³/mol. The van der Waals surface area contributed by atoms with Gasteiger partial charge in [0.05, 0.1) is 17.9 Å². The molecular formula is C14H19ClN4S. The highest BCUT2D eigenvalue weighted by Crippen LogP contribution is 2.25. The lowest BCUT2D eigenvalue weighted by Gasteiger charge is -2.16. The van der Waals surface area contributed by atoms with Gasteiger partial charge >= 0.3 is 0 Å². The van der Waals surface area contributed by atoms with Gasteiger partial charge in [-0.05, 0) is 37.7 Å². The van der Waals surface area contributed by atoms with Gasteiger partial charge in [-0.2, -0.15) is 0 Å². The first-order chi connectivity index (χ1) is 9.74. The van der Waals surface area contributed by atoms with Gasteiger partial charge in [-0.25, -0.2) is 4.68 Å². The van der Waals surface area contributed by atoms with E-state index in [2.05, 4.69) is 22.6 Å². The molecule has 0 radical (unpaired) electrons. The Kier molecular flexibility index (Phi) is 5.88. The lowest BCUT2D eigenvalue weighted by atomic mass is 10.2. The summed E-state index contributed by atoms with van der Waals surface area (Å²) in [5.74, 6) is 0.926. The molecule has 1 N–H and O–H groups in total. The Morgan fingerprint density at radius 3 is 2.75 bits per heavy atom. The van der Waals surface area contributed by atoms with Crippen molar-refractivity contribution in [2.24, 2.45) is 0 Å². The molecule has 0 saturated heterocycles. The van der Waals surface area contributed by atoms with Gasteiger partial charge < -0.3 is 5.32 Å². The van der Waals surface area contributed by atoms with Crippen molar-refractivity contribution in [3.8, 4) is 0 Å². The number of nitrogens with one attached hydrogen (secondary N) is 1. The molecule has 0 amide bonds. The van der Waals surface area contributed by atoms with Gasteiger partial charge in [-0.15, -0.1) is 16.9 Å². The van der Waals surface area contributed by atoms with E-state index in [-0.39, 0.29) is 6.04 Å². The maximum atomic E-state index is 5.90. The third-order valence-corrected chi connectivity index (χ3v) is 4.38. The van der Waals surface area contributed by atoms with E-state index in [0.29, 0.717) is 0 Å². The molecule has 4 nitrogen and oxygen atoms in total. The maximum Gasteiger partial charge on any atom is 0.0765 e. The van der Waals surface area contributed by atoms with Gasteiger partial charge in [0.15, 0.2) is 0 Å². The van der Waals surface area contributed by atoms with Crippen molar-refractivity contribution in [2.75, 3.05) is 12.8 Å². The van der Waals surface area contributed by atoms with Crippen LogP contribution in [-0.4, -0.2) is 27.8 Å². The minimum atomic E-state index is 0.234. The number of thioether (sulfide) groups is 1. The second-order valence-corrected chi connectivity index (χ2v) is 6.02. The summed E-state index contributed by atoms with van der Waals surface area (Å²) >= 11 is 7.69. The third-order valence-electron chi connectivity index (χ3n) is 3.02. The standard InChI is InChI=1S/C14H19ClN4S/c1-3-8-19-14(9-17-18-19)13(16-2)10-20-12-6-4-11(15)5-7-12/h4-7,9,13,16H,3,8,10H2,1-2H3. The van der Waals surface area contributed by atoms with E-state index >= 15 is 0 Å². The van der Waals surface area contributed by atoms with E-state index in [1.807, 2.05) is 42.2 Å². The smallest absolute Gasteiger partial charge is 0.0765 e. The molecule has 0 spiro atoms. The molecule has 0 saturated carbocycles. The summed E-state index contributed by atoms with van der Waals surface area (Å²) in [7, 11) is 1.97. The Bertz CT molecular complexity index is 526. The number of halogens is 1. The number of nitrogens with zero attached hydrogens (tertiary/aromatic N) is 3. The Morgan fingerprint density at radius 2 is 2.10 bits per heavy atom. The number of hydrogen-bond donors (Lipinski definition) is 1. The second-order valence-electron chi connectivity index (χ2n) is 4.49. The molecule has 20 heavy (non-hydrogen) atoms. The van der Waals surface area contributed by atoms with E-state index in [1.165, 1.54) is 4.90 Å². The molecule has 1 heterocycles. The summed E-state index contributed by atoms with van der Waals surface area (Å²) in [6.45, 7) is 3.04. The minimum Gasteiger partial charge on any atom is -0.311 e. The fourth-order valence-corrected chi connectivity index (χ4v) is 3.10. The zero-order valence-corrected chi connectivity index (χ0v) is 13.3. The Labute approximate surface area is 128 Å².